The Labute approximate surface area is 119 Å². The van der Waals surface area contributed by atoms with Crippen molar-refractivity contribution in [1.82, 2.24) is 10.3 Å². The van der Waals surface area contributed by atoms with Crippen LogP contribution in [0, 0.1) is 0 Å². The molecule has 0 saturated carbocycles. The normalized spacial score (nSPS) is 15.3. The highest BCUT2D eigenvalue weighted by molar-refractivity contribution is 5.73. The molecule has 106 valence electrons. The zero-order valence-electron chi connectivity index (χ0n) is 11.5. The summed E-state index contributed by atoms with van der Waals surface area (Å²) in [5.41, 5.74) is 3.51. The van der Waals surface area contributed by atoms with E-state index in [2.05, 4.69) is 29.7 Å². The smallest absolute Gasteiger partial charge is 0.324 e. The molecule has 3 N–H and O–H groups in total. The molecule has 20 heavy (non-hydrogen) atoms. The topological polar surface area (TPSA) is 58.4 Å². The number of hydrogen-bond donors (Lipinski definition) is 2. The predicted molar refractivity (Wildman–Crippen MR) is 80.3 cm³/mol. The SMILES string of the molecule is NNC(=O)N1CCC(c2ccccccccc2)CC1. The van der Waals surface area contributed by atoms with Gasteiger partial charge in [0.2, 0.25) is 0 Å². The summed E-state index contributed by atoms with van der Waals surface area (Å²) in [7, 11) is 0. The maximum Gasteiger partial charge on any atom is 0.331 e. The van der Waals surface area contributed by atoms with E-state index in [-0.39, 0.29) is 6.03 Å². The van der Waals surface area contributed by atoms with Crippen LogP contribution >= 0.6 is 0 Å². The minimum atomic E-state index is -0.188. The van der Waals surface area contributed by atoms with Crippen molar-refractivity contribution in [2.75, 3.05) is 13.1 Å². The highest BCUT2D eigenvalue weighted by Gasteiger charge is 2.22. The standard InChI is InChI=1S/C16H21N3O/c17-18-16(20)19-12-10-15(11-13-19)14-8-6-4-2-1-3-5-7-9-14/h1-9,15H,10-13,17H2,(H,18,20). The fourth-order valence-corrected chi connectivity index (χ4v) is 2.49. The molecular weight excluding hydrogens is 250 g/mol. The van der Waals surface area contributed by atoms with Crippen LogP contribution in [0.25, 0.3) is 0 Å². The zero-order chi connectivity index (χ0) is 14.2. The molecule has 1 fully saturated rings. The van der Waals surface area contributed by atoms with Gasteiger partial charge in [0, 0.05) is 13.1 Å². The lowest BCUT2D eigenvalue weighted by Gasteiger charge is -2.31. The number of nitrogens with two attached hydrogens (primary N) is 1. The Morgan fingerprint density at radius 1 is 1.00 bits per heavy atom. The summed E-state index contributed by atoms with van der Waals surface area (Å²) in [5.74, 6) is 5.66. The van der Waals surface area contributed by atoms with Crippen LogP contribution in [-0.2, 0) is 0 Å². The number of hydrazine groups is 1. The van der Waals surface area contributed by atoms with Gasteiger partial charge in [0.1, 0.15) is 0 Å². The van der Waals surface area contributed by atoms with Crippen molar-refractivity contribution in [3.63, 3.8) is 0 Å². The Balaban J connectivity index is 2.08. The molecule has 0 aromatic heterocycles. The Kier molecular flexibility index (Phi) is 5.38. The molecule has 2 rings (SSSR count). The van der Waals surface area contributed by atoms with Gasteiger partial charge in [-0.05, 0) is 24.3 Å². The number of likely N-dealkylation sites (tertiary alicyclic amines) is 1. The van der Waals surface area contributed by atoms with E-state index in [0.717, 1.165) is 25.9 Å². The Bertz CT molecular complexity index is 470. The van der Waals surface area contributed by atoms with E-state index >= 15 is 0 Å². The molecular formula is C16H21N3O. The summed E-state index contributed by atoms with van der Waals surface area (Å²) in [6, 6.07) is 18.3. The van der Waals surface area contributed by atoms with Gasteiger partial charge in [-0.2, -0.15) is 0 Å². The summed E-state index contributed by atoms with van der Waals surface area (Å²) >= 11 is 0. The van der Waals surface area contributed by atoms with Gasteiger partial charge < -0.3 is 4.90 Å². The van der Waals surface area contributed by atoms with Crippen LogP contribution in [0.5, 0.6) is 0 Å². The average molecular weight is 271 g/mol. The maximum absolute atomic E-state index is 11.5. The minimum absolute atomic E-state index is 0.188. The molecule has 0 unspecified atom stereocenters. The summed E-state index contributed by atoms with van der Waals surface area (Å²) in [4.78, 5) is 13.2. The average Bonchev–Trinajstić information content (AvgIpc) is 2.52. The molecule has 0 aliphatic carbocycles. The Morgan fingerprint density at radius 3 is 2.00 bits per heavy atom. The van der Waals surface area contributed by atoms with Crippen molar-refractivity contribution < 1.29 is 4.79 Å². The molecule has 1 aliphatic heterocycles. The molecule has 2 amide bonds. The summed E-state index contributed by atoms with van der Waals surface area (Å²) in [6.45, 7) is 1.50. The monoisotopic (exact) mass is 271 g/mol. The van der Waals surface area contributed by atoms with Crippen LogP contribution in [-0.4, -0.2) is 24.0 Å². The molecule has 0 radical (unpaired) electrons. The third kappa shape index (κ3) is 3.96. The minimum Gasteiger partial charge on any atom is -0.324 e. The number of rotatable bonds is 1. The van der Waals surface area contributed by atoms with E-state index in [1.165, 1.54) is 5.56 Å². The first-order valence-electron chi connectivity index (χ1n) is 6.95. The van der Waals surface area contributed by atoms with Gasteiger partial charge in [-0.25, -0.2) is 10.6 Å². The van der Waals surface area contributed by atoms with Crippen molar-refractivity contribution >= 4 is 6.03 Å². The lowest BCUT2D eigenvalue weighted by Crippen LogP contribution is -2.46. The molecule has 1 heterocycles. The lowest BCUT2D eigenvalue weighted by atomic mass is 9.90. The molecule has 1 saturated heterocycles. The van der Waals surface area contributed by atoms with Crippen molar-refractivity contribution in [3.05, 3.63) is 60.2 Å². The fraction of sp³-hybridized carbons (Fsp3) is 0.312. The second-order valence-corrected chi connectivity index (χ2v) is 4.89. The number of carbonyl (C=O) groups is 1. The third-order valence-corrected chi connectivity index (χ3v) is 3.62. The number of nitrogens with one attached hydrogen (secondary N) is 1. The quantitative estimate of drug-likeness (QED) is 0.468. The fourth-order valence-electron chi connectivity index (χ4n) is 2.49. The van der Waals surface area contributed by atoms with Crippen LogP contribution < -0.4 is 11.3 Å². The van der Waals surface area contributed by atoms with Gasteiger partial charge in [0.15, 0.2) is 0 Å². The molecule has 4 heteroatoms. The van der Waals surface area contributed by atoms with Crippen LogP contribution in [0.2, 0.25) is 0 Å². The largest absolute Gasteiger partial charge is 0.331 e. The summed E-state index contributed by atoms with van der Waals surface area (Å²) < 4.78 is 0. The first-order chi connectivity index (χ1) is 9.81. The molecule has 0 bridgehead atoms. The van der Waals surface area contributed by atoms with Crippen LogP contribution in [0.15, 0.2) is 54.6 Å². The highest BCUT2D eigenvalue weighted by atomic mass is 16.2. The van der Waals surface area contributed by atoms with Crippen molar-refractivity contribution in [1.29, 1.82) is 0 Å². The first kappa shape index (κ1) is 14.3. The lowest BCUT2D eigenvalue weighted by molar-refractivity contribution is 0.181. The summed E-state index contributed by atoms with van der Waals surface area (Å²) in [6.07, 6.45) is 1.94. The molecule has 0 spiro atoms. The van der Waals surface area contributed by atoms with Crippen LogP contribution in [0.1, 0.15) is 24.3 Å². The van der Waals surface area contributed by atoms with Gasteiger partial charge >= 0.3 is 6.03 Å². The van der Waals surface area contributed by atoms with Crippen molar-refractivity contribution in [3.8, 4) is 0 Å². The van der Waals surface area contributed by atoms with E-state index in [1.54, 1.807) is 4.90 Å². The first-order valence-corrected chi connectivity index (χ1v) is 6.95. The zero-order valence-corrected chi connectivity index (χ0v) is 11.5. The Morgan fingerprint density at radius 2 is 1.50 bits per heavy atom. The van der Waals surface area contributed by atoms with E-state index in [9.17, 15) is 4.79 Å². The number of urea groups is 1. The van der Waals surface area contributed by atoms with E-state index in [0.29, 0.717) is 5.92 Å². The van der Waals surface area contributed by atoms with E-state index in [1.807, 2.05) is 30.3 Å². The Hall–Kier alpha value is -2.07. The van der Waals surface area contributed by atoms with Gasteiger partial charge in [0.25, 0.3) is 0 Å². The van der Waals surface area contributed by atoms with Gasteiger partial charge in [0.05, 0.1) is 0 Å². The van der Waals surface area contributed by atoms with Crippen molar-refractivity contribution in [2.45, 2.75) is 18.8 Å². The molecule has 1 aliphatic rings. The van der Waals surface area contributed by atoms with Crippen LogP contribution in [0.4, 0.5) is 4.79 Å². The molecule has 1 aromatic rings. The second-order valence-electron chi connectivity index (χ2n) is 4.89. The summed E-state index contributed by atoms with van der Waals surface area (Å²) in [5, 5.41) is 0. The van der Waals surface area contributed by atoms with Gasteiger partial charge in [-0.3, -0.25) is 5.43 Å². The van der Waals surface area contributed by atoms with Gasteiger partial charge in [-0.15, -0.1) is 0 Å². The number of piperidine rings is 1. The third-order valence-electron chi connectivity index (χ3n) is 3.62. The maximum atomic E-state index is 11.5. The number of hydrogen-bond acceptors (Lipinski definition) is 2. The number of amides is 2. The molecule has 4 nitrogen and oxygen atoms in total. The van der Waals surface area contributed by atoms with Gasteiger partial charge in [-0.1, -0.05) is 54.6 Å². The van der Waals surface area contributed by atoms with E-state index < -0.39 is 0 Å². The van der Waals surface area contributed by atoms with Crippen LogP contribution in [0.3, 0.4) is 0 Å². The number of carbonyl (C=O) groups excluding carboxylic acids is 1. The predicted octanol–water partition coefficient (Wildman–Crippen LogP) is 2.57. The highest BCUT2D eigenvalue weighted by Crippen LogP contribution is 2.27. The second kappa shape index (κ2) is 7.50. The molecule has 0 atom stereocenters. The van der Waals surface area contributed by atoms with E-state index in [4.69, 9.17) is 5.84 Å². The van der Waals surface area contributed by atoms with Crippen molar-refractivity contribution in [2.24, 2.45) is 5.84 Å². The number of nitrogens with zero attached hydrogens (tertiary/aromatic N) is 1. The molecule has 1 aromatic carbocycles.